The average Bonchev–Trinajstić information content (AvgIpc) is 3.13. The molecular formula is C20H28N4O. The van der Waals surface area contributed by atoms with E-state index >= 15 is 0 Å². The van der Waals surface area contributed by atoms with Crippen molar-refractivity contribution < 1.29 is 4.74 Å². The molecule has 0 radical (unpaired) electrons. The van der Waals surface area contributed by atoms with E-state index in [1.807, 2.05) is 13.0 Å². The van der Waals surface area contributed by atoms with Gasteiger partial charge in [0.1, 0.15) is 5.82 Å². The monoisotopic (exact) mass is 340 g/mol. The summed E-state index contributed by atoms with van der Waals surface area (Å²) >= 11 is 0. The molecule has 1 unspecified atom stereocenters. The minimum Gasteiger partial charge on any atom is -0.376 e. The molecule has 0 amide bonds. The number of nitrogens with one attached hydrogen (secondary N) is 2. The van der Waals surface area contributed by atoms with Gasteiger partial charge in [-0.1, -0.05) is 32.0 Å². The zero-order valence-corrected chi connectivity index (χ0v) is 15.4. The zero-order chi connectivity index (χ0) is 17.6. The molecule has 1 aliphatic rings. The van der Waals surface area contributed by atoms with Gasteiger partial charge < -0.3 is 15.4 Å². The lowest BCUT2D eigenvalue weighted by Crippen LogP contribution is -2.19. The van der Waals surface area contributed by atoms with Gasteiger partial charge >= 0.3 is 0 Å². The van der Waals surface area contributed by atoms with Crippen molar-refractivity contribution in [2.45, 2.75) is 52.6 Å². The van der Waals surface area contributed by atoms with Crippen LogP contribution in [0.1, 0.15) is 43.5 Å². The Morgan fingerprint density at radius 2 is 1.92 bits per heavy atom. The molecule has 1 aromatic carbocycles. The highest BCUT2D eigenvalue weighted by Gasteiger charge is 2.15. The topological polar surface area (TPSA) is 59.1 Å². The van der Waals surface area contributed by atoms with Gasteiger partial charge in [0, 0.05) is 30.6 Å². The SMILES string of the molecule is CCc1cccc(CC)c1Nc1nc(C)cc(NCC2CCCO2)n1. The van der Waals surface area contributed by atoms with Crippen LogP contribution in [0.3, 0.4) is 0 Å². The quantitative estimate of drug-likeness (QED) is 0.789. The molecule has 1 aromatic heterocycles. The number of rotatable bonds is 7. The van der Waals surface area contributed by atoms with Crippen molar-refractivity contribution in [3.8, 4) is 0 Å². The summed E-state index contributed by atoms with van der Waals surface area (Å²) < 4.78 is 5.67. The van der Waals surface area contributed by atoms with Crippen molar-refractivity contribution in [3.63, 3.8) is 0 Å². The second-order valence-corrected chi connectivity index (χ2v) is 6.52. The molecule has 1 aliphatic heterocycles. The zero-order valence-electron chi connectivity index (χ0n) is 15.4. The van der Waals surface area contributed by atoms with E-state index in [2.05, 4.69) is 52.6 Å². The molecular weight excluding hydrogens is 312 g/mol. The maximum absolute atomic E-state index is 5.67. The van der Waals surface area contributed by atoms with Gasteiger partial charge in [0.05, 0.1) is 6.10 Å². The highest BCUT2D eigenvalue weighted by atomic mass is 16.5. The van der Waals surface area contributed by atoms with Crippen molar-refractivity contribution in [2.24, 2.45) is 0 Å². The maximum Gasteiger partial charge on any atom is 0.229 e. The van der Waals surface area contributed by atoms with Crippen LogP contribution in [-0.4, -0.2) is 29.2 Å². The predicted molar refractivity (Wildman–Crippen MR) is 103 cm³/mol. The summed E-state index contributed by atoms with van der Waals surface area (Å²) in [4.78, 5) is 9.22. The third-order valence-corrected chi connectivity index (χ3v) is 4.62. The van der Waals surface area contributed by atoms with E-state index in [1.165, 1.54) is 11.1 Å². The van der Waals surface area contributed by atoms with Crippen LogP contribution in [-0.2, 0) is 17.6 Å². The van der Waals surface area contributed by atoms with Gasteiger partial charge in [-0.3, -0.25) is 0 Å². The molecule has 1 saturated heterocycles. The summed E-state index contributed by atoms with van der Waals surface area (Å²) in [5.74, 6) is 1.49. The molecule has 5 nitrogen and oxygen atoms in total. The Kier molecular flexibility index (Phi) is 5.87. The molecule has 3 rings (SSSR count). The predicted octanol–water partition coefficient (Wildman–Crippen LogP) is 4.24. The lowest BCUT2D eigenvalue weighted by atomic mass is 10.0. The van der Waals surface area contributed by atoms with E-state index in [0.717, 1.165) is 56.0 Å². The van der Waals surface area contributed by atoms with Gasteiger partial charge in [-0.2, -0.15) is 4.98 Å². The minimum atomic E-state index is 0.291. The number of ether oxygens (including phenoxy) is 1. The van der Waals surface area contributed by atoms with Crippen LogP contribution in [0.25, 0.3) is 0 Å². The van der Waals surface area contributed by atoms with Crippen LogP contribution in [0.4, 0.5) is 17.5 Å². The normalized spacial score (nSPS) is 16.8. The molecule has 2 N–H and O–H groups in total. The Balaban J connectivity index is 1.78. The highest BCUT2D eigenvalue weighted by molar-refractivity contribution is 5.64. The first kappa shape index (κ1) is 17.7. The fourth-order valence-corrected chi connectivity index (χ4v) is 3.25. The number of nitrogens with zero attached hydrogens (tertiary/aromatic N) is 2. The molecule has 0 saturated carbocycles. The first-order valence-electron chi connectivity index (χ1n) is 9.28. The fraction of sp³-hybridized carbons (Fsp3) is 0.500. The maximum atomic E-state index is 5.67. The molecule has 0 spiro atoms. The lowest BCUT2D eigenvalue weighted by Gasteiger charge is -2.16. The standard InChI is InChI=1S/C20H28N4O/c1-4-15-8-6-9-16(5-2)19(15)24-20-22-14(3)12-18(23-20)21-13-17-10-7-11-25-17/h6,8-9,12,17H,4-5,7,10-11,13H2,1-3H3,(H2,21,22,23,24). The van der Waals surface area contributed by atoms with E-state index in [1.54, 1.807) is 0 Å². The van der Waals surface area contributed by atoms with Crippen molar-refractivity contribution in [1.82, 2.24) is 9.97 Å². The molecule has 1 atom stereocenters. The number of benzene rings is 1. The van der Waals surface area contributed by atoms with Gasteiger partial charge in [-0.05, 0) is 43.7 Å². The summed E-state index contributed by atoms with van der Waals surface area (Å²) in [5, 5.41) is 6.85. The first-order chi connectivity index (χ1) is 12.2. The Morgan fingerprint density at radius 1 is 1.16 bits per heavy atom. The van der Waals surface area contributed by atoms with E-state index in [0.29, 0.717) is 12.1 Å². The van der Waals surface area contributed by atoms with Crippen LogP contribution in [0.5, 0.6) is 0 Å². The largest absolute Gasteiger partial charge is 0.376 e. The molecule has 1 fully saturated rings. The Morgan fingerprint density at radius 3 is 2.56 bits per heavy atom. The summed E-state index contributed by atoms with van der Waals surface area (Å²) in [7, 11) is 0. The number of hydrogen-bond donors (Lipinski definition) is 2. The average molecular weight is 340 g/mol. The van der Waals surface area contributed by atoms with E-state index < -0.39 is 0 Å². The molecule has 0 bridgehead atoms. The molecule has 2 aromatic rings. The summed E-state index contributed by atoms with van der Waals surface area (Å²) in [5.41, 5.74) is 4.67. The number of para-hydroxylation sites is 1. The molecule has 5 heteroatoms. The van der Waals surface area contributed by atoms with Crippen molar-refractivity contribution >= 4 is 17.5 Å². The third-order valence-electron chi connectivity index (χ3n) is 4.62. The highest BCUT2D eigenvalue weighted by Crippen LogP contribution is 2.26. The molecule has 25 heavy (non-hydrogen) atoms. The van der Waals surface area contributed by atoms with Gasteiger partial charge in [0.25, 0.3) is 0 Å². The van der Waals surface area contributed by atoms with Crippen LogP contribution in [0.2, 0.25) is 0 Å². The van der Waals surface area contributed by atoms with Crippen LogP contribution >= 0.6 is 0 Å². The molecule has 0 aliphatic carbocycles. The number of hydrogen-bond acceptors (Lipinski definition) is 5. The van der Waals surface area contributed by atoms with Gasteiger partial charge in [0.15, 0.2) is 0 Å². The summed E-state index contributed by atoms with van der Waals surface area (Å²) in [6.45, 7) is 8.01. The van der Waals surface area contributed by atoms with E-state index in [9.17, 15) is 0 Å². The van der Waals surface area contributed by atoms with Crippen molar-refractivity contribution in [2.75, 3.05) is 23.8 Å². The smallest absolute Gasteiger partial charge is 0.229 e. The molecule has 2 heterocycles. The van der Waals surface area contributed by atoms with E-state index in [4.69, 9.17) is 4.74 Å². The molecule has 134 valence electrons. The van der Waals surface area contributed by atoms with Crippen molar-refractivity contribution in [3.05, 3.63) is 41.1 Å². The van der Waals surface area contributed by atoms with Crippen LogP contribution in [0, 0.1) is 6.92 Å². The number of aryl methyl sites for hydroxylation is 3. The van der Waals surface area contributed by atoms with Crippen LogP contribution < -0.4 is 10.6 Å². The van der Waals surface area contributed by atoms with Gasteiger partial charge in [-0.25, -0.2) is 4.98 Å². The fourth-order valence-electron chi connectivity index (χ4n) is 3.25. The second kappa shape index (κ2) is 8.30. The Labute approximate surface area is 150 Å². The summed E-state index contributed by atoms with van der Waals surface area (Å²) in [6, 6.07) is 8.42. The van der Waals surface area contributed by atoms with Gasteiger partial charge in [0.2, 0.25) is 5.95 Å². The van der Waals surface area contributed by atoms with E-state index in [-0.39, 0.29) is 0 Å². The summed E-state index contributed by atoms with van der Waals surface area (Å²) in [6.07, 6.45) is 4.51. The van der Waals surface area contributed by atoms with Gasteiger partial charge in [-0.15, -0.1) is 0 Å². The number of aromatic nitrogens is 2. The third kappa shape index (κ3) is 4.48. The first-order valence-corrected chi connectivity index (χ1v) is 9.28. The minimum absolute atomic E-state index is 0.291. The number of anilines is 3. The van der Waals surface area contributed by atoms with Crippen molar-refractivity contribution in [1.29, 1.82) is 0 Å². The second-order valence-electron chi connectivity index (χ2n) is 6.52. The lowest BCUT2D eigenvalue weighted by molar-refractivity contribution is 0.120. The van der Waals surface area contributed by atoms with Crippen LogP contribution in [0.15, 0.2) is 24.3 Å². The Bertz CT molecular complexity index is 689. The Hall–Kier alpha value is -2.14.